The molecule has 1 aliphatic rings. The van der Waals surface area contributed by atoms with E-state index in [1.165, 1.54) is 5.56 Å². The van der Waals surface area contributed by atoms with E-state index in [1.807, 2.05) is 36.9 Å². The van der Waals surface area contributed by atoms with Gasteiger partial charge in [-0.25, -0.2) is 4.79 Å². The van der Waals surface area contributed by atoms with Crippen molar-refractivity contribution in [2.75, 3.05) is 6.54 Å². The van der Waals surface area contributed by atoms with Crippen molar-refractivity contribution in [3.63, 3.8) is 0 Å². The minimum Gasteiger partial charge on any atom is -0.357 e. The molecule has 4 rings (SSSR count). The van der Waals surface area contributed by atoms with Gasteiger partial charge in [0.15, 0.2) is 0 Å². The van der Waals surface area contributed by atoms with Crippen LogP contribution in [-0.4, -0.2) is 32.7 Å². The Bertz CT molecular complexity index is 857. The van der Waals surface area contributed by atoms with Crippen molar-refractivity contribution in [2.24, 2.45) is 0 Å². The van der Waals surface area contributed by atoms with Gasteiger partial charge in [0, 0.05) is 29.0 Å². The van der Waals surface area contributed by atoms with Crippen LogP contribution in [-0.2, 0) is 6.54 Å². The second-order valence-corrected chi connectivity index (χ2v) is 6.74. The minimum absolute atomic E-state index is 0.0128. The highest BCUT2D eigenvalue weighted by Gasteiger charge is 2.32. The number of carbonyl (C=O) groups excluding carboxylic acids is 1. The Morgan fingerprint density at radius 3 is 2.96 bits per heavy atom. The van der Waals surface area contributed by atoms with Gasteiger partial charge >= 0.3 is 6.03 Å². The average Bonchev–Trinajstić information content (AvgIpc) is 3.31. The summed E-state index contributed by atoms with van der Waals surface area (Å²) < 4.78 is 0. The lowest BCUT2D eigenvalue weighted by atomic mass is 10.0. The molecule has 1 fully saturated rings. The summed E-state index contributed by atoms with van der Waals surface area (Å²) >= 11 is 0. The molecule has 0 radical (unpaired) electrons. The van der Waals surface area contributed by atoms with E-state index in [-0.39, 0.29) is 12.1 Å². The Morgan fingerprint density at radius 1 is 1.36 bits per heavy atom. The third-order valence-electron chi connectivity index (χ3n) is 5.05. The van der Waals surface area contributed by atoms with Crippen LogP contribution in [0.5, 0.6) is 0 Å². The van der Waals surface area contributed by atoms with E-state index >= 15 is 0 Å². The van der Waals surface area contributed by atoms with Crippen molar-refractivity contribution in [3.8, 4) is 0 Å². The summed E-state index contributed by atoms with van der Waals surface area (Å²) in [6.45, 7) is 5.30. The molecule has 1 aromatic carbocycles. The summed E-state index contributed by atoms with van der Waals surface area (Å²) in [6, 6.07) is 10.3. The highest BCUT2D eigenvalue weighted by molar-refractivity contribution is 5.80. The molecule has 3 heterocycles. The first-order chi connectivity index (χ1) is 12.1. The number of hydrogen-bond acceptors (Lipinski definition) is 2. The van der Waals surface area contributed by atoms with Gasteiger partial charge in [0.05, 0.1) is 18.3 Å². The number of urea groups is 1. The monoisotopic (exact) mass is 337 g/mol. The summed E-state index contributed by atoms with van der Waals surface area (Å²) in [4.78, 5) is 18.0. The Kier molecular flexibility index (Phi) is 3.95. The van der Waals surface area contributed by atoms with Crippen LogP contribution >= 0.6 is 0 Å². The number of benzene rings is 1. The first-order valence-corrected chi connectivity index (χ1v) is 8.76. The maximum Gasteiger partial charge on any atom is 0.318 e. The molecular formula is C19H23N5O. The molecule has 1 unspecified atom stereocenters. The molecule has 3 aromatic rings. The maximum absolute atomic E-state index is 12.7. The van der Waals surface area contributed by atoms with Crippen LogP contribution in [0.15, 0.2) is 30.3 Å². The molecule has 0 spiro atoms. The molecule has 0 saturated carbocycles. The van der Waals surface area contributed by atoms with Crippen LogP contribution in [0.4, 0.5) is 4.79 Å². The highest BCUT2D eigenvalue weighted by atomic mass is 16.2. The van der Waals surface area contributed by atoms with Gasteiger partial charge < -0.3 is 15.2 Å². The average molecular weight is 337 g/mol. The minimum atomic E-state index is -0.0128. The maximum atomic E-state index is 12.7. The fraction of sp³-hybridized carbons (Fsp3) is 0.368. The number of likely N-dealkylation sites (tertiary alicyclic amines) is 1. The summed E-state index contributed by atoms with van der Waals surface area (Å²) in [5.74, 6) is 0. The number of nitrogens with one attached hydrogen (secondary N) is 3. The fourth-order valence-electron chi connectivity index (χ4n) is 3.86. The smallest absolute Gasteiger partial charge is 0.318 e. The van der Waals surface area contributed by atoms with Crippen molar-refractivity contribution >= 4 is 16.9 Å². The van der Waals surface area contributed by atoms with E-state index in [1.54, 1.807) is 0 Å². The topological polar surface area (TPSA) is 76.8 Å². The zero-order chi connectivity index (χ0) is 17.4. The quantitative estimate of drug-likeness (QED) is 0.683. The summed E-state index contributed by atoms with van der Waals surface area (Å²) in [5.41, 5.74) is 5.31. The predicted molar refractivity (Wildman–Crippen MR) is 97.3 cm³/mol. The lowest BCUT2D eigenvalue weighted by Gasteiger charge is -2.25. The van der Waals surface area contributed by atoms with Crippen LogP contribution < -0.4 is 5.32 Å². The molecule has 1 saturated heterocycles. The zero-order valence-electron chi connectivity index (χ0n) is 14.6. The van der Waals surface area contributed by atoms with Gasteiger partial charge in [-0.15, -0.1) is 0 Å². The van der Waals surface area contributed by atoms with Crippen molar-refractivity contribution in [1.29, 1.82) is 0 Å². The molecule has 6 heteroatoms. The predicted octanol–water partition coefficient (Wildman–Crippen LogP) is 3.55. The largest absolute Gasteiger partial charge is 0.357 e. The third kappa shape index (κ3) is 2.88. The summed E-state index contributed by atoms with van der Waals surface area (Å²) in [6.07, 6.45) is 2.01. The van der Waals surface area contributed by atoms with Gasteiger partial charge in [-0.3, -0.25) is 5.10 Å². The number of fused-ring (bicyclic) bond motifs is 1. The first-order valence-electron chi connectivity index (χ1n) is 8.76. The van der Waals surface area contributed by atoms with Crippen molar-refractivity contribution in [2.45, 2.75) is 39.3 Å². The van der Waals surface area contributed by atoms with E-state index in [9.17, 15) is 4.79 Å². The van der Waals surface area contributed by atoms with E-state index < -0.39 is 0 Å². The summed E-state index contributed by atoms with van der Waals surface area (Å²) in [5, 5.41) is 11.5. The Balaban J connectivity index is 1.46. The SMILES string of the molecule is Cc1n[nH]c(C)c1C1CCCN1C(=O)NCc1cc2ccccc2[nH]1. The number of nitrogens with zero attached hydrogens (tertiary/aromatic N) is 2. The zero-order valence-corrected chi connectivity index (χ0v) is 14.6. The number of para-hydroxylation sites is 1. The molecule has 6 nitrogen and oxygen atoms in total. The van der Waals surface area contributed by atoms with Gasteiger partial charge in [-0.2, -0.15) is 5.10 Å². The van der Waals surface area contributed by atoms with Crippen LogP contribution in [0.3, 0.4) is 0 Å². The number of aryl methyl sites for hydroxylation is 2. The molecule has 3 N–H and O–H groups in total. The molecule has 130 valence electrons. The summed E-state index contributed by atoms with van der Waals surface area (Å²) in [7, 11) is 0. The van der Waals surface area contributed by atoms with Crippen LogP contribution in [0.25, 0.3) is 10.9 Å². The second-order valence-electron chi connectivity index (χ2n) is 6.74. The van der Waals surface area contributed by atoms with Gasteiger partial charge in [0.2, 0.25) is 0 Å². The lowest BCUT2D eigenvalue weighted by molar-refractivity contribution is 0.192. The molecular weight excluding hydrogens is 314 g/mol. The number of carbonyl (C=O) groups is 1. The lowest BCUT2D eigenvalue weighted by Crippen LogP contribution is -2.39. The number of H-pyrrole nitrogens is 2. The molecule has 2 aromatic heterocycles. The van der Waals surface area contributed by atoms with Crippen LogP contribution in [0, 0.1) is 13.8 Å². The van der Waals surface area contributed by atoms with Crippen molar-refractivity contribution in [3.05, 3.63) is 53.0 Å². The Hall–Kier alpha value is -2.76. The standard InChI is InChI=1S/C19H23N5O/c1-12-18(13(2)23-22-12)17-8-5-9-24(17)19(25)20-11-15-10-14-6-3-4-7-16(14)21-15/h3-4,6-7,10,17,21H,5,8-9,11H2,1-2H3,(H,20,25)(H,22,23). The fourth-order valence-corrected chi connectivity index (χ4v) is 3.86. The number of rotatable bonds is 3. The first kappa shape index (κ1) is 15.7. The van der Waals surface area contributed by atoms with Gasteiger partial charge in [0.1, 0.15) is 0 Å². The second kappa shape index (κ2) is 6.27. The van der Waals surface area contributed by atoms with E-state index in [2.05, 4.69) is 32.6 Å². The Labute approximate surface area is 146 Å². The van der Waals surface area contributed by atoms with Gasteiger partial charge in [-0.05, 0) is 44.2 Å². The van der Waals surface area contributed by atoms with E-state index in [0.29, 0.717) is 6.54 Å². The number of aromatic amines is 2. The van der Waals surface area contributed by atoms with E-state index in [0.717, 1.165) is 47.4 Å². The highest BCUT2D eigenvalue weighted by Crippen LogP contribution is 2.34. The molecule has 1 aliphatic heterocycles. The van der Waals surface area contributed by atoms with Crippen molar-refractivity contribution in [1.82, 2.24) is 25.4 Å². The molecule has 0 bridgehead atoms. The molecule has 25 heavy (non-hydrogen) atoms. The third-order valence-corrected chi connectivity index (χ3v) is 5.05. The Morgan fingerprint density at radius 2 is 2.20 bits per heavy atom. The number of hydrogen-bond donors (Lipinski definition) is 3. The van der Waals surface area contributed by atoms with E-state index in [4.69, 9.17) is 0 Å². The van der Waals surface area contributed by atoms with Crippen molar-refractivity contribution < 1.29 is 4.79 Å². The normalized spacial score (nSPS) is 17.4. The van der Waals surface area contributed by atoms with Gasteiger partial charge in [0.25, 0.3) is 0 Å². The van der Waals surface area contributed by atoms with Gasteiger partial charge in [-0.1, -0.05) is 18.2 Å². The molecule has 2 amide bonds. The molecule has 1 atom stereocenters. The number of amides is 2. The van der Waals surface area contributed by atoms with Crippen LogP contribution in [0.1, 0.15) is 41.5 Å². The number of aromatic nitrogens is 3. The van der Waals surface area contributed by atoms with Crippen LogP contribution in [0.2, 0.25) is 0 Å². The molecule has 0 aliphatic carbocycles.